The third-order valence-corrected chi connectivity index (χ3v) is 3.04. The zero-order valence-electron chi connectivity index (χ0n) is 9.99. The molecule has 0 unspecified atom stereocenters. The van der Waals surface area contributed by atoms with E-state index in [0.717, 1.165) is 12.8 Å². The van der Waals surface area contributed by atoms with Crippen LogP contribution >= 0.6 is 11.8 Å². The number of hydrogen-bond donors (Lipinski definition) is 2. The Hall–Kier alpha value is -1.23. The molecule has 5 heteroatoms. The molecule has 0 radical (unpaired) electrons. The molecule has 1 amide bonds. The van der Waals surface area contributed by atoms with E-state index in [-0.39, 0.29) is 11.5 Å². The van der Waals surface area contributed by atoms with Gasteiger partial charge in [0.2, 0.25) is 5.56 Å². The maximum absolute atomic E-state index is 11.6. The summed E-state index contributed by atoms with van der Waals surface area (Å²) < 4.78 is 0. The minimum absolute atomic E-state index is 0.180. The molecular formula is C12H18N2O2S. The normalized spacial score (nSPS) is 10.2. The van der Waals surface area contributed by atoms with Crippen LogP contribution in [-0.4, -0.2) is 29.4 Å². The molecule has 4 nitrogen and oxygen atoms in total. The van der Waals surface area contributed by atoms with Gasteiger partial charge in [-0.2, -0.15) is 11.8 Å². The maximum Gasteiger partial charge on any atom is 0.251 e. The zero-order chi connectivity index (χ0) is 12.5. The fourth-order valence-corrected chi connectivity index (χ4v) is 1.93. The first kappa shape index (κ1) is 13.8. The molecule has 0 atom stereocenters. The number of aromatic nitrogens is 1. The second kappa shape index (κ2) is 7.95. The predicted molar refractivity (Wildman–Crippen MR) is 71.6 cm³/mol. The lowest BCUT2D eigenvalue weighted by molar-refractivity contribution is 0.0952. The molecule has 0 spiro atoms. The van der Waals surface area contributed by atoms with Crippen molar-refractivity contribution in [2.45, 2.75) is 19.3 Å². The maximum atomic E-state index is 11.6. The van der Waals surface area contributed by atoms with Crippen molar-refractivity contribution in [1.82, 2.24) is 10.3 Å². The van der Waals surface area contributed by atoms with Crippen molar-refractivity contribution in [2.24, 2.45) is 0 Å². The number of carbonyl (C=O) groups is 1. The Kier molecular flexibility index (Phi) is 6.47. The number of thioether (sulfide) groups is 1. The van der Waals surface area contributed by atoms with Gasteiger partial charge in [-0.25, -0.2) is 0 Å². The monoisotopic (exact) mass is 254 g/mol. The van der Waals surface area contributed by atoms with Gasteiger partial charge in [0.1, 0.15) is 0 Å². The second-order valence-corrected chi connectivity index (χ2v) is 4.74. The largest absolute Gasteiger partial charge is 0.352 e. The van der Waals surface area contributed by atoms with Crippen LogP contribution in [0.15, 0.2) is 23.1 Å². The Morgan fingerprint density at radius 1 is 1.41 bits per heavy atom. The van der Waals surface area contributed by atoms with Crippen molar-refractivity contribution >= 4 is 17.7 Å². The highest BCUT2D eigenvalue weighted by Crippen LogP contribution is 2.01. The third-order valence-electron chi connectivity index (χ3n) is 2.35. The summed E-state index contributed by atoms with van der Waals surface area (Å²) in [4.78, 5) is 25.1. The van der Waals surface area contributed by atoms with Gasteiger partial charge >= 0.3 is 0 Å². The van der Waals surface area contributed by atoms with E-state index in [1.807, 2.05) is 11.8 Å². The van der Waals surface area contributed by atoms with E-state index in [0.29, 0.717) is 12.1 Å². The number of amides is 1. The molecule has 1 aromatic heterocycles. The van der Waals surface area contributed by atoms with Gasteiger partial charge in [0.25, 0.3) is 5.91 Å². The van der Waals surface area contributed by atoms with Gasteiger partial charge in [0.05, 0.1) is 0 Å². The first-order chi connectivity index (χ1) is 8.24. The average molecular weight is 254 g/mol. The highest BCUT2D eigenvalue weighted by atomic mass is 32.2. The van der Waals surface area contributed by atoms with Gasteiger partial charge in [-0.3, -0.25) is 9.59 Å². The molecule has 1 rings (SSSR count). The number of hydrogen-bond acceptors (Lipinski definition) is 3. The van der Waals surface area contributed by atoms with Gasteiger partial charge in [0.15, 0.2) is 0 Å². The predicted octanol–water partition coefficient (Wildman–Crippen LogP) is 1.64. The summed E-state index contributed by atoms with van der Waals surface area (Å²) in [5, 5.41) is 2.80. The van der Waals surface area contributed by atoms with Crippen molar-refractivity contribution in [3.63, 3.8) is 0 Å². The van der Waals surface area contributed by atoms with Crippen LogP contribution in [0.2, 0.25) is 0 Å². The molecule has 94 valence electrons. The molecule has 0 fully saturated rings. The molecular weight excluding hydrogens is 236 g/mol. The Morgan fingerprint density at radius 3 is 2.94 bits per heavy atom. The topological polar surface area (TPSA) is 62.0 Å². The van der Waals surface area contributed by atoms with E-state index in [2.05, 4.69) is 16.6 Å². The molecule has 17 heavy (non-hydrogen) atoms. The lowest BCUT2D eigenvalue weighted by Gasteiger charge is -2.04. The minimum atomic E-state index is -0.252. The number of carbonyl (C=O) groups excluding carboxylic acids is 1. The van der Waals surface area contributed by atoms with E-state index in [1.54, 1.807) is 6.07 Å². The van der Waals surface area contributed by atoms with Gasteiger partial charge in [-0.05, 0) is 30.9 Å². The Bertz CT molecular complexity index is 403. The van der Waals surface area contributed by atoms with Crippen LogP contribution in [-0.2, 0) is 0 Å². The summed E-state index contributed by atoms with van der Waals surface area (Å²) in [6.07, 6.45) is 6.86. The number of aromatic amines is 1. The first-order valence-electron chi connectivity index (χ1n) is 5.70. The third kappa shape index (κ3) is 5.58. The Balaban J connectivity index is 2.24. The van der Waals surface area contributed by atoms with Crippen molar-refractivity contribution in [3.05, 3.63) is 34.2 Å². The molecule has 2 N–H and O–H groups in total. The van der Waals surface area contributed by atoms with Crippen molar-refractivity contribution in [2.75, 3.05) is 18.6 Å². The molecule has 1 aromatic rings. The molecule has 0 aliphatic rings. The lowest BCUT2D eigenvalue weighted by Crippen LogP contribution is -2.25. The Labute approximate surface area is 105 Å². The SMILES string of the molecule is CSCCCCCNC(=O)c1cc[nH]c(=O)c1. The van der Waals surface area contributed by atoms with Crippen LogP contribution < -0.4 is 10.9 Å². The van der Waals surface area contributed by atoms with E-state index >= 15 is 0 Å². The Morgan fingerprint density at radius 2 is 2.24 bits per heavy atom. The summed E-state index contributed by atoms with van der Waals surface area (Å²) in [5.74, 6) is 0.989. The summed E-state index contributed by atoms with van der Waals surface area (Å²) in [6, 6.07) is 2.91. The second-order valence-electron chi connectivity index (χ2n) is 3.75. The minimum Gasteiger partial charge on any atom is -0.352 e. The van der Waals surface area contributed by atoms with Crippen LogP contribution in [0.5, 0.6) is 0 Å². The highest BCUT2D eigenvalue weighted by molar-refractivity contribution is 7.98. The van der Waals surface area contributed by atoms with Crippen molar-refractivity contribution in [3.8, 4) is 0 Å². The summed E-state index contributed by atoms with van der Waals surface area (Å²) >= 11 is 1.84. The number of unbranched alkanes of at least 4 members (excludes halogenated alkanes) is 2. The molecule has 0 bridgehead atoms. The van der Waals surface area contributed by atoms with Crippen LogP contribution in [0.1, 0.15) is 29.6 Å². The van der Waals surface area contributed by atoms with Gasteiger partial charge < -0.3 is 10.3 Å². The van der Waals surface area contributed by atoms with E-state index in [4.69, 9.17) is 0 Å². The highest BCUT2D eigenvalue weighted by Gasteiger charge is 2.04. The van der Waals surface area contributed by atoms with E-state index in [1.165, 1.54) is 24.4 Å². The fourth-order valence-electron chi connectivity index (χ4n) is 1.44. The average Bonchev–Trinajstić information content (AvgIpc) is 2.33. The summed E-state index contributed by atoms with van der Waals surface area (Å²) in [7, 11) is 0. The molecule has 1 heterocycles. The van der Waals surface area contributed by atoms with Gasteiger partial charge in [-0.15, -0.1) is 0 Å². The lowest BCUT2D eigenvalue weighted by atomic mass is 10.2. The quantitative estimate of drug-likeness (QED) is 0.727. The molecule has 0 saturated heterocycles. The van der Waals surface area contributed by atoms with Crippen LogP contribution in [0.25, 0.3) is 0 Å². The molecule has 0 aliphatic carbocycles. The smallest absolute Gasteiger partial charge is 0.251 e. The van der Waals surface area contributed by atoms with Crippen LogP contribution in [0.3, 0.4) is 0 Å². The fraction of sp³-hybridized carbons (Fsp3) is 0.500. The number of nitrogens with one attached hydrogen (secondary N) is 2. The van der Waals surface area contributed by atoms with Crippen molar-refractivity contribution in [1.29, 1.82) is 0 Å². The van der Waals surface area contributed by atoms with Crippen molar-refractivity contribution < 1.29 is 4.79 Å². The van der Waals surface area contributed by atoms with E-state index < -0.39 is 0 Å². The van der Waals surface area contributed by atoms with Crippen LogP contribution in [0, 0.1) is 0 Å². The number of H-pyrrole nitrogens is 1. The number of pyridine rings is 1. The first-order valence-corrected chi connectivity index (χ1v) is 7.09. The van der Waals surface area contributed by atoms with Gasteiger partial charge in [-0.1, -0.05) is 6.42 Å². The standard InChI is InChI=1S/C12H18N2O2S/c1-17-8-4-2-3-6-14-12(16)10-5-7-13-11(15)9-10/h5,7,9H,2-4,6,8H2,1H3,(H,13,15)(H,14,16). The summed E-state index contributed by atoms with van der Waals surface area (Å²) in [5.41, 5.74) is 0.162. The molecule has 0 saturated carbocycles. The van der Waals surface area contributed by atoms with E-state index in [9.17, 15) is 9.59 Å². The zero-order valence-corrected chi connectivity index (χ0v) is 10.8. The van der Waals surface area contributed by atoms with Gasteiger partial charge in [0, 0.05) is 24.4 Å². The molecule has 0 aliphatic heterocycles. The summed E-state index contributed by atoms with van der Waals surface area (Å²) in [6.45, 7) is 0.667. The number of rotatable bonds is 7. The molecule has 0 aromatic carbocycles. The van der Waals surface area contributed by atoms with Crippen LogP contribution in [0.4, 0.5) is 0 Å².